The summed E-state index contributed by atoms with van der Waals surface area (Å²) in [6.45, 7) is 1.78. The highest BCUT2D eigenvalue weighted by atomic mass is 19.4. The molecule has 0 aromatic heterocycles. The first-order chi connectivity index (χ1) is 6.17. The van der Waals surface area contributed by atoms with Gasteiger partial charge in [-0.15, -0.1) is 0 Å². The molecule has 1 atom stereocenters. The number of rotatable bonds is 4. The van der Waals surface area contributed by atoms with E-state index in [1.54, 1.807) is 0 Å². The summed E-state index contributed by atoms with van der Waals surface area (Å²) in [5.41, 5.74) is 0. The SMILES string of the molecule is CCN(CC)C(F)(F)C(F)C(F)(F)F.F. The quantitative estimate of drug-likeness (QED) is 0.542. The van der Waals surface area contributed by atoms with Crippen molar-refractivity contribution < 1.29 is 31.0 Å². The maximum Gasteiger partial charge on any atom is 0.427 e. The maximum absolute atomic E-state index is 12.8. The van der Waals surface area contributed by atoms with Gasteiger partial charge in [-0.2, -0.15) is 22.0 Å². The average molecular weight is 243 g/mol. The van der Waals surface area contributed by atoms with Crippen molar-refractivity contribution >= 4 is 0 Å². The fourth-order valence-electron chi connectivity index (χ4n) is 1.00. The molecular formula is C7H12F7N. The van der Waals surface area contributed by atoms with E-state index < -0.39 is 18.4 Å². The number of hydrogen-bond acceptors (Lipinski definition) is 1. The van der Waals surface area contributed by atoms with Gasteiger partial charge in [0.05, 0.1) is 0 Å². The number of alkyl halides is 6. The van der Waals surface area contributed by atoms with E-state index in [1.807, 2.05) is 0 Å². The molecule has 0 aromatic rings. The van der Waals surface area contributed by atoms with Gasteiger partial charge in [-0.25, -0.2) is 9.29 Å². The second-order valence-corrected chi connectivity index (χ2v) is 2.66. The molecule has 0 bridgehead atoms. The van der Waals surface area contributed by atoms with Crippen LogP contribution in [0, 0.1) is 0 Å². The van der Waals surface area contributed by atoms with Crippen molar-refractivity contribution in [2.24, 2.45) is 0 Å². The zero-order chi connectivity index (χ0) is 11.6. The Balaban J connectivity index is 0. The van der Waals surface area contributed by atoms with Crippen molar-refractivity contribution in [1.82, 2.24) is 4.90 Å². The van der Waals surface area contributed by atoms with E-state index in [0.717, 1.165) is 0 Å². The first-order valence-electron chi connectivity index (χ1n) is 4.01. The van der Waals surface area contributed by atoms with E-state index in [2.05, 4.69) is 0 Å². The fraction of sp³-hybridized carbons (Fsp3) is 1.00. The molecule has 0 aliphatic carbocycles. The van der Waals surface area contributed by atoms with Crippen molar-refractivity contribution in [3.8, 4) is 0 Å². The van der Waals surface area contributed by atoms with Gasteiger partial charge >= 0.3 is 12.2 Å². The number of hydrogen-bond donors (Lipinski definition) is 0. The number of halogens is 7. The molecule has 15 heavy (non-hydrogen) atoms. The van der Waals surface area contributed by atoms with E-state index in [9.17, 15) is 26.3 Å². The minimum Gasteiger partial charge on any atom is -0.269 e. The predicted molar refractivity (Wildman–Crippen MR) is 41.3 cm³/mol. The van der Waals surface area contributed by atoms with Crippen LogP contribution in [0.3, 0.4) is 0 Å². The van der Waals surface area contributed by atoms with Crippen LogP contribution < -0.4 is 0 Å². The molecule has 0 aliphatic heterocycles. The lowest BCUT2D eigenvalue weighted by molar-refractivity contribution is -0.287. The van der Waals surface area contributed by atoms with Gasteiger partial charge in [0.2, 0.25) is 0 Å². The lowest BCUT2D eigenvalue weighted by atomic mass is 10.2. The molecular weight excluding hydrogens is 231 g/mol. The molecule has 0 heterocycles. The van der Waals surface area contributed by atoms with E-state index >= 15 is 0 Å². The van der Waals surface area contributed by atoms with Gasteiger partial charge in [0, 0.05) is 13.1 Å². The summed E-state index contributed by atoms with van der Waals surface area (Å²) < 4.78 is 73.1. The summed E-state index contributed by atoms with van der Waals surface area (Å²) in [6.07, 6.45) is -9.68. The Morgan fingerprint density at radius 1 is 1.00 bits per heavy atom. The summed E-state index contributed by atoms with van der Waals surface area (Å²) in [4.78, 5) is 0.130. The Morgan fingerprint density at radius 3 is 1.53 bits per heavy atom. The summed E-state index contributed by atoms with van der Waals surface area (Å²) in [6, 6.07) is -4.50. The summed E-state index contributed by atoms with van der Waals surface area (Å²) in [5, 5.41) is 0. The topological polar surface area (TPSA) is 3.24 Å². The van der Waals surface area contributed by atoms with Crippen LogP contribution >= 0.6 is 0 Å². The van der Waals surface area contributed by atoms with Crippen molar-refractivity contribution in [2.75, 3.05) is 13.1 Å². The Hall–Kier alpha value is -0.530. The lowest BCUT2D eigenvalue weighted by Crippen LogP contribution is -2.53. The van der Waals surface area contributed by atoms with Crippen LogP contribution in [0.1, 0.15) is 13.8 Å². The van der Waals surface area contributed by atoms with Crippen LogP contribution in [-0.4, -0.2) is 36.4 Å². The first kappa shape index (κ1) is 16.9. The summed E-state index contributed by atoms with van der Waals surface area (Å²) >= 11 is 0. The fourth-order valence-corrected chi connectivity index (χ4v) is 1.00. The molecule has 0 aliphatic rings. The highest BCUT2D eigenvalue weighted by Gasteiger charge is 2.59. The zero-order valence-corrected chi connectivity index (χ0v) is 8.11. The van der Waals surface area contributed by atoms with Crippen molar-refractivity contribution in [1.29, 1.82) is 0 Å². The van der Waals surface area contributed by atoms with Gasteiger partial charge in [-0.05, 0) is 0 Å². The second-order valence-electron chi connectivity index (χ2n) is 2.66. The minimum atomic E-state index is -5.54. The van der Waals surface area contributed by atoms with E-state index in [0.29, 0.717) is 0 Å². The van der Waals surface area contributed by atoms with Gasteiger partial charge in [0.1, 0.15) is 0 Å². The third-order valence-corrected chi connectivity index (χ3v) is 1.78. The van der Waals surface area contributed by atoms with E-state index in [-0.39, 0.29) is 22.7 Å². The molecule has 0 radical (unpaired) electrons. The van der Waals surface area contributed by atoms with Crippen LogP contribution in [0.5, 0.6) is 0 Å². The normalized spacial score (nSPS) is 15.0. The largest absolute Gasteiger partial charge is 0.427 e. The van der Waals surface area contributed by atoms with Gasteiger partial charge in [0.25, 0.3) is 6.17 Å². The molecule has 0 aromatic carbocycles. The molecule has 0 saturated heterocycles. The molecule has 1 unspecified atom stereocenters. The minimum absolute atomic E-state index is 0. The first-order valence-corrected chi connectivity index (χ1v) is 4.01. The Morgan fingerprint density at radius 2 is 1.33 bits per heavy atom. The number of nitrogens with zero attached hydrogens (tertiary/aromatic N) is 1. The smallest absolute Gasteiger partial charge is 0.269 e. The molecule has 0 amide bonds. The molecule has 94 valence electrons. The summed E-state index contributed by atoms with van der Waals surface area (Å²) in [5.74, 6) is 0. The van der Waals surface area contributed by atoms with Gasteiger partial charge in [-0.3, -0.25) is 4.70 Å². The lowest BCUT2D eigenvalue weighted by Gasteiger charge is -2.32. The Kier molecular flexibility index (Phi) is 6.22. The Bertz CT molecular complexity index is 175. The van der Waals surface area contributed by atoms with Crippen molar-refractivity contribution in [2.45, 2.75) is 32.2 Å². The highest BCUT2D eigenvalue weighted by molar-refractivity contribution is 4.82. The predicted octanol–water partition coefficient (Wildman–Crippen LogP) is 2.97. The standard InChI is InChI=1S/C7H11F6N.FH/c1-3-14(4-2)7(12,13)5(8)6(9,10)11;/h5H,3-4H2,1-2H3;1H. The highest BCUT2D eigenvalue weighted by Crippen LogP contribution is 2.36. The zero-order valence-electron chi connectivity index (χ0n) is 8.11. The third kappa shape index (κ3) is 3.84. The molecule has 0 spiro atoms. The van der Waals surface area contributed by atoms with Crippen molar-refractivity contribution in [3.05, 3.63) is 0 Å². The average Bonchev–Trinajstić information content (AvgIpc) is 2.03. The second kappa shape index (κ2) is 5.53. The van der Waals surface area contributed by atoms with E-state index in [4.69, 9.17) is 0 Å². The molecule has 0 saturated carbocycles. The molecule has 0 N–H and O–H groups in total. The van der Waals surface area contributed by atoms with Crippen LogP contribution in [-0.2, 0) is 0 Å². The van der Waals surface area contributed by atoms with Crippen molar-refractivity contribution in [3.63, 3.8) is 0 Å². The monoisotopic (exact) mass is 243 g/mol. The molecule has 0 rings (SSSR count). The Labute approximate surface area is 82.4 Å². The summed E-state index contributed by atoms with van der Waals surface area (Å²) in [7, 11) is 0. The molecule has 0 fully saturated rings. The van der Waals surface area contributed by atoms with Gasteiger partial charge < -0.3 is 0 Å². The molecule has 1 nitrogen and oxygen atoms in total. The third-order valence-electron chi connectivity index (χ3n) is 1.78. The maximum atomic E-state index is 12.8. The van der Waals surface area contributed by atoms with Crippen LogP contribution in [0.15, 0.2) is 0 Å². The van der Waals surface area contributed by atoms with Crippen LogP contribution in [0.25, 0.3) is 0 Å². The van der Waals surface area contributed by atoms with Gasteiger partial charge in [0.15, 0.2) is 0 Å². The molecule has 8 heteroatoms. The van der Waals surface area contributed by atoms with Crippen LogP contribution in [0.2, 0.25) is 0 Å². The van der Waals surface area contributed by atoms with E-state index in [1.165, 1.54) is 13.8 Å². The van der Waals surface area contributed by atoms with Gasteiger partial charge in [-0.1, -0.05) is 13.8 Å². The van der Waals surface area contributed by atoms with Crippen LogP contribution in [0.4, 0.5) is 31.0 Å².